The number of nitrogens with one attached hydrogen (secondary N) is 1. The molecule has 17 heavy (non-hydrogen) atoms. The van der Waals surface area contributed by atoms with E-state index in [-0.39, 0.29) is 0 Å². The molecule has 1 heterocycles. The summed E-state index contributed by atoms with van der Waals surface area (Å²) in [6.45, 7) is 5.28. The molecule has 1 N–H and O–H groups in total. The van der Waals surface area contributed by atoms with E-state index in [1.165, 1.54) is 25.7 Å². The Morgan fingerprint density at radius 3 is 2.59 bits per heavy atom. The van der Waals surface area contributed by atoms with Gasteiger partial charge in [-0.1, -0.05) is 26.2 Å². The highest BCUT2D eigenvalue weighted by molar-refractivity contribution is 5.05. The monoisotopic (exact) mass is 233 g/mol. The molecule has 94 valence electrons. The molecule has 1 atom stereocenters. The summed E-state index contributed by atoms with van der Waals surface area (Å²) in [6.07, 6.45) is 10.4. The largest absolute Gasteiger partial charge is 0.307 e. The van der Waals surface area contributed by atoms with Gasteiger partial charge in [-0.05, 0) is 37.8 Å². The Morgan fingerprint density at radius 2 is 2.06 bits per heavy atom. The second kappa shape index (κ2) is 6.10. The van der Waals surface area contributed by atoms with Gasteiger partial charge in [-0.3, -0.25) is 0 Å². The first-order chi connectivity index (χ1) is 8.29. The lowest BCUT2D eigenvalue weighted by atomic mass is 9.80. The lowest BCUT2D eigenvalue weighted by molar-refractivity contribution is 0.257. The summed E-state index contributed by atoms with van der Waals surface area (Å²) >= 11 is 0. The van der Waals surface area contributed by atoms with E-state index in [2.05, 4.69) is 22.2 Å². The molecule has 0 spiro atoms. The van der Waals surface area contributed by atoms with Crippen LogP contribution in [-0.2, 0) is 0 Å². The summed E-state index contributed by atoms with van der Waals surface area (Å²) in [5.74, 6) is 1.85. The van der Waals surface area contributed by atoms with E-state index in [9.17, 15) is 0 Å². The minimum Gasteiger partial charge on any atom is -0.307 e. The molecule has 1 fully saturated rings. The maximum absolute atomic E-state index is 4.47. The highest BCUT2D eigenvalue weighted by atomic mass is 15.0. The second-order valence-electron chi connectivity index (χ2n) is 5.16. The van der Waals surface area contributed by atoms with Gasteiger partial charge in [0.05, 0.1) is 6.04 Å². The Kier molecular flexibility index (Phi) is 4.49. The lowest BCUT2D eigenvalue weighted by Gasteiger charge is -2.29. The average Bonchev–Trinajstić information content (AvgIpc) is 2.28. The van der Waals surface area contributed by atoms with E-state index in [1.54, 1.807) is 0 Å². The number of rotatable bonds is 6. The third-order valence-corrected chi connectivity index (χ3v) is 3.55. The number of nitrogens with zero attached hydrogens (tertiary/aromatic N) is 2. The molecule has 1 aromatic rings. The molecule has 1 aromatic heterocycles. The zero-order valence-corrected chi connectivity index (χ0v) is 10.9. The van der Waals surface area contributed by atoms with E-state index < -0.39 is 0 Å². The summed E-state index contributed by atoms with van der Waals surface area (Å²) in [5.41, 5.74) is 1.13. The van der Waals surface area contributed by atoms with Crippen molar-refractivity contribution in [2.75, 3.05) is 6.54 Å². The Bertz CT molecular complexity index is 330. The molecule has 1 aliphatic rings. The van der Waals surface area contributed by atoms with E-state index in [4.69, 9.17) is 0 Å². The molecule has 1 saturated carbocycles. The zero-order chi connectivity index (χ0) is 12.1. The van der Waals surface area contributed by atoms with Gasteiger partial charge in [0.25, 0.3) is 0 Å². The first-order valence-corrected chi connectivity index (χ1v) is 6.81. The van der Waals surface area contributed by atoms with Crippen molar-refractivity contribution in [2.24, 2.45) is 5.92 Å². The minimum atomic E-state index is 0.348. The van der Waals surface area contributed by atoms with Gasteiger partial charge in [0.1, 0.15) is 5.82 Å². The van der Waals surface area contributed by atoms with Gasteiger partial charge in [0, 0.05) is 12.4 Å². The minimum absolute atomic E-state index is 0.348. The molecule has 0 amide bonds. The highest BCUT2D eigenvalue weighted by Gasteiger charge is 2.24. The molecule has 2 rings (SSSR count). The SMILES string of the molecule is CCCNC(CC1CCC1)c1ncc(C)cn1. The summed E-state index contributed by atoms with van der Waals surface area (Å²) in [6, 6.07) is 0.348. The van der Waals surface area contributed by atoms with Crippen LogP contribution in [0.2, 0.25) is 0 Å². The van der Waals surface area contributed by atoms with Crippen molar-refractivity contribution in [2.45, 2.75) is 52.0 Å². The smallest absolute Gasteiger partial charge is 0.145 e. The number of hydrogen-bond donors (Lipinski definition) is 1. The van der Waals surface area contributed by atoms with Crippen LogP contribution in [0.4, 0.5) is 0 Å². The number of aromatic nitrogens is 2. The fourth-order valence-corrected chi connectivity index (χ4v) is 2.24. The van der Waals surface area contributed by atoms with Crippen LogP contribution in [0, 0.1) is 12.8 Å². The molecule has 0 aliphatic heterocycles. The fraction of sp³-hybridized carbons (Fsp3) is 0.714. The van der Waals surface area contributed by atoms with Gasteiger partial charge in [-0.2, -0.15) is 0 Å². The lowest BCUT2D eigenvalue weighted by Crippen LogP contribution is -2.28. The Hall–Kier alpha value is -0.960. The third-order valence-electron chi connectivity index (χ3n) is 3.55. The first-order valence-electron chi connectivity index (χ1n) is 6.81. The zero-order valence-electron chi connectivity index (χ0n) is 10.9. The van der Waals surface area contributed by atoms with Gasteiger partial charge in [0.2, 0.25) is 0 Å². The van der Waals surface area contributed by atoms with Gasteiger partial charge < -0.3 is 5.32 Å². The molecule has 1 unspecified atom stereocenters. The Balaban J connectivity index is 1.99. The van der Waals surface area contributed by atoms with Crippen LogP contribution in [0.25, 0.3) is 0 Å². The molecule has 0 radical (unpaired) electrons. The maximum atomic E-state index is 4.47. The van der Waals surface area contributed by atoms with E-state index >= 15 is 0 Å². The predicted octanol–water partition coefficient (Wildman–Crippen LogP) is 3.02. The molecular weight excluding hydrogens is 210 g/mol. The second-order valence-corrected chi connectivity index (χ2v) is 5.16. The first kappa shape index (κ1) is 12.5. The number of hydrogen-bond acceptors (Lipinski definition) is 3. The van der Waals surface area contributed by atoms with Crippen molar-refractivity contribution in [1.29, 1.82) is 0 Å². The van der Waals surface area contributed by atoms with Crippen molar-refractivity contribution in [1.82, 2.24) is 15.3 Å². The maximum Gasteiger partial charge on any atom is 0.145 e. The van der Waals surface area contributed by atoms with Gasteiger partial charge >= 0.3 is 0 Å². The van der Waals surface area contributed by atoms with Crippen LogP contribution in [-0.4, -0.2) is 16.5 Å². The molecule has 0 bridgehead atoms. The predicted molar refractivity (Wildman–Crippen MR) is 69.8 cm³/mol. The summed E-state index contributed by atoms with van der Waals surface area (Å²) in [4.78, 5) is 8.94. The van der Waals surface area contributed by atoms with Crippen molar-refractivity contribution in [3.8, 4) is 0 Å². The van der Waals surface area contributed by atoms with Crippen LogP contribution in [0.15, 0.2) is 12.4 Å². The highest BCUT2D eigenvalue weighted by Crippen LogP contribution is 2.33. The Morgan fingerprint density at radius 1 is 1.35 bits per heavy atom. The number of aryl methyl sites for hydroxylation is 1. The summed E-state index contributed by atoms with van der Waals surface area (Å²) in [5, 5.41) is 3.58. The molecule has 3 heteroatoms. The van der Waals surface area contributed by atoms with Crippen molar-refractivity contribution in [3.63, 3.8) is 0 Å². The van der Waals surface area contributed by atoms with Crippen LogP contribution >= 0.6 is 0 Å². The normalized spacial score (nSPS) is 17.8. The van der Waals surface area contributed by atoms with Crippen LogP contribution in [0.5, 0.6) is 0 Å². The van der Waals surface area contributed by atoms with Gasteiger partial charge in [0.15, 0.2) is 0 Å². The van der Waals surface area contributed by atoms with E-state index in [0.29, 0.717) is 6.04 Å². The van der Waals surface area contributed by atoms with Crippen LogP contribution in [0.3, 0.4) is 0 Å². The van der Waals surface area contributed by atoms with Crippen LogP contribution in [0.1, 0.15) is 56.5 Å². The van der Waals surface area contributed by atoms with Crippen molar-refractivity contribution in [3.05, 3.63) is 23.8 Å². The fourth-order valence-electron chi connectivity index (χ4n) is 2.24. The van der Waals surface area contributed by atoms with E-state index in [0.717, 1.165) is 30.3 Å². The molecule has 0 saturated heterocycles. The van der Waals surface area contributed by atoms with Crippen molar-refractivity contribution < 1.29 is 0 Å². The molecular formula is C14H23N3. The standard InChI is InChI=1S/C14H23N3/c1-3-7-15-13(8-12-5-4-6-12)14-16-9-11(2)10-17-14/h9-10,12-13,15H,3-8H2,1-2H3. The van der Waals surface area contributed by atoms with Gasteiger partial charge in [-0.15, -0.1) is 0 Å². The van der Waals surface area contributed by atoms with Crippen LogP contribution < -0.4 is 5.32 Å². The van der Waals surface area contributed by atoms with Crippen molar-refractivity contribution >= 4 is 0 Å². The molecule has 0 aromatic carbocycles. The average molecular weight is 233 g/mol. The molecule has 1 aliphatic carbocycles. The topological polar surface area (TPSA) is 37.8 Å². The quantitative estimate of drug-likeness (QED) is 0.820. The van der Waals surface area contributed by atoms with Gasteiger partial charge in [-0.25, -0.2) is 9.97 Å². The summed E-state index contributed by atoms with van der Waals surface area (Å²) < 4.78 is 0. The molecule has 3 nitrogen and oxygen atoms in total. The third kappa shape index (κ3) is 3.50. The summed E-state index contributed by atoms with van der Waals surface area (Å²) in [7, 11) is 0. The van der Waals surface area contributed by atoms with E-state index in [1.807, 2.05) is 19.3 Å². The Labute approximate surface area is 104 Å².